The lowest BCUT2D eigenvalue weighted by molar-refractivity contribution is -0.645. The Morgan fingerprint density at radius 1 is 0.746 bits per heavy atom. The Balaban J connectivity index is 1.18. The van der Waals surface area contributed by atoms with Gasteiger partial charge in [0.15, 0.2) is 17.8 Å². The molecule has 7 fully saturated rings. The fourth-order valence-corrected chi connectivity index (χ4v) is 10.9. The molecule has 6 unspecified atom stereocenters. The summed E-state index contributed by atoms with van der Waals surface area (Å²) in [6, 6.07) is 9.79. The standard InChI is InChI=1S/C44H48ClNO17/c1-21(47)55-20-34-38(56-22(2)48)39(57-23(3)49)40(58-24(4)50)42(60-34)59-33-19-28(12-25-6-8-29(9-7-25)41(53)61-46-35(51)10-11-36(46)52)18-32(37(33)45)44(54-5)43(62-63-44)30-14-26-13-27(16-30)17-31(43)15-26/h6-9,18-19,26-27,30-31,34,38-40,42H,10-17,20H2,1-5H3. The second-order valence-electron chi connectivity index (χ2n) is 17.1. The minimum Gasteiger partial charge on any atom is -0.463 e. The van der Waals surface area contributed by atoms with Gasteiger partial charge in [0.1, 0.15) is 18.5 Å². The summed E-state index contributed by atoms with van der Waals surface area (Å²) in [5.74, 6) is -5.36. The van der Waals surface area contributed by atoms with Gasteiger partial charge in [0.2, 0.25) is 12.4 Å². The number of imide groups is 1. The summed E-state index contributed by atoms with van der Waals surface area (Å²) in [5, 5.41) is 0.515. The number of ether oxygens (including phenoxy) is 7. The van der Waals surface area contributed by atoms with Gasteiger partial charge in [0, 0.05) is 53.2 Å². The molecule has 2 aromatic rings. The molecule has 4 bridgehead atoms. The van der Waals surface area contributed by atoms with Gasteiger partial charge in [0.25, 0.3) is 17.6 Å². The van der Waals surface area contributed by atoms with Crippen molar-refractivity contribution in [3.63, 3.8) is 0 Å². The summed E-state index contributed by atoms with van der Waals surface area (Å²) in [6.45, 7) is 4.05. The Morgan fingerprint density at radius 3 is 1.87 bits per heavy atom. The van der Waals surface area contributed by atoms with Gasteiger partial charge < -0.3 is 38.0 Å². The van der Waals surface area contributed by atoms with Gasteiger partial charge >= 0.3 is 29.8 Å². The van der Waals surface area contributed by atoms with Crippen molar-refractivity contribution < 1.29 is 81.3 Å². The number of hydroxylamine groups is 2. The Labute approximate surface area is 366 Å². The van der Waals surface area contributed by atoms with Crippen molar-refractivity contribution in [2.24, 2.45) is 23.7 Å². The number of methoxy groups -OCH3 is 1. The molecule has 4 saturated carbocycles. The average molecular weight is 898 g/mol. The maximum Gasteiger partial charge on any atom is 0.363 e. The molecule has 2 aromatic carbocycles. The first-order valence-electron chi connectivity index (χ1n) is 20.9. The van der Waals surface area contributed by atoms with E-state index in [0.29, 0.717) is 33.6 Å². The molecule has 7 aliphatic rings. The lowest BCUT2D eigenvalue weighted by Gasteiger charge is -2.68. The predicted octanol–water partition coefficient (Wildman–Crippen LogP) is 4.57. The molecular weight excluding hydrogens is 850 g/mol. The van der Waals surface area contributed by atoms with Gasteiger partial charge in [-0.15, -0.1) is 5.06 Å². The van der Waals surface area contributed by atoms with E-state index in [-0.39, 0.29) is 47.4 Å². The van der Waals surface area contributed by atoms with Crippen LogP contribution in [0.3, 0.4) is 0 Å². The minimum absolute atomic E-state index is 0.00361. The fraction of sp³-hybridized carbons (Fsp3) is 0.568. The van der Waals surface area contributed by atoms with E-state index in [1.54, 1.807) is 18.2 Å². The van der Waals surface area contributed by atoms with Crippen molar-refractivity contribution in [3.8, 4) is 5.75 Å². The average Bonchev–Trinajstić information content (AvgIpc) is 3.52. The number of halogens is 1. The molecule has 3 aliphatic heterocycles. The monoisotopic (exact) mass is 897 g/mol. The highest BCUT2D eigenvalue weighted by Gasteiger charge is 2.77. The van der Waals surface area contributed by atoms with Crippen LogP contribution in [0.5, 0.6) is 5.75 Å². The topological polar surface area (TPSA) is 215 Å². The van der Waals surface area contributed by atoms with E-state index in [1.807, 2.05) is 6.07 Å². The molecule has 6 atom stereocenters. The molecule has 3 saturated heterocycles. The van der Waals surface area contributed by atoms with Crippen LogP contribution in [0.15, 0.2) is 36.4 Å². The van der Waals surface area contributed by atoms with Crippen molar-refractivity contribution >= 4 is 53.3 Å². The van der Waals surface area contributed by atoms with E-state index < -0.39 is 90.4 Å². The van der Waals surface area contributed by atoms with Gasteiger partial charge in [0.05, 0.1) is 10.6 Å². The summed E-state index contributed by atoms with van der Waals surface area (Å²) in [6.07, 6.45) is -2.35. The number of rotatable bonds is 13. The van der Waals surface area contributed by atoms with E-state index in [9.17, 15) is 33.6 Å². The van der Waals surface area contributed by atoms with Crippen LogP contribution in [-0.4, -0.2) is 96.7 Å². The third-order valence-corrected chi connectivity index (χ3v) is 13.3. The first-order valence-corrected chi connectivity index (χ1v) is 21.3. The molecule has 0 aromatic heterocycles. The smallest absolute Gasteiger partial charge is 0.363 e. The number of amides is 2. The second-order valence-corrected chi connectivity index (χ2v) is 17.4. The number of nitrogens with zero attached hydrogens (tertiary/aromatic N) is 1. The number of esters is 4. The van der Waals surface area contributed by atoms with Gasteiger partial charge in [-0.1, -0.05) is 23.7 Å². The second kappa shape index (κ2) is 17.4. The van der Waals surface area contributed by atoms with Crippen molar-refractivity contribution in [1.29, 1.82) is 0 Å². The van der Waals surface area contributed by atoms with E-state index in [4.69, 9.17) is 59.4 Å². The van der Waals surface area contributed by atoms with Crippen LogP contribution >= 0.6 is 11.6 Å². The number of hydrogen-bond donors (Lipinski definition) is 0. The van der Waals surface area contributed by atoms with E-state index in [2.05, 4.69) is 0 Å². The first kappa shape index (κ1) is 44.5. The molecule has 4 aliphatic carbocycles. The molecular formula is C44H48ClNO17. The van der Waals surface area contributed by atoms with Crippen LogP contribution in [-0.2, 0) is 84.0 Å². The molecule has 1 spiro atoms. The van der Waals surface area contributed by atoms with Crippen molar-refractivity contribution in [2.75, 3.05) is 13.7 Å². The summed E-state index contributed by atoms with van der Waals surface area (Å²) >= 11 is 7.40. The van der Waals surface area contributed by atoms with Gasteiger partial charge in [-0.2, -0.15) is 4.89 Å². The Morgan fingerprint density at radius 2 is 1.33 bits per heavy atom. The third-order valence-electron chi connectivity index (χ3n) is 12.9. The summed E-state index contributed by atoms with van der Waals surface area (Å²) in [7, 11) is 1.53. The predicted molar refractivity (Wildman–Crippen MR) is 210 cm³/mol. The zero-order valence-electron chi connectivity index (χ0n) is 35.3. The molecule has 18 nitrogen and oxygen atoms in total. The number of benzene rings is 2. The van der Waals surface area contributed by atoms with Crippen LogP contribution in [0.1, 0.15) is 99.7 Å². The van der Waals surface area contributed by atoms with E-state index in [0.717, 1.165) is 46.5 Å². The quantitative estimate of drug-likeness (QED) is 0.117. The van der Waals surface area contributed by atoms with Gasteiger partial charge in [-0.05, 0) is 97.6 Å². The van der Waals surface area contributed by atoms with Crippen LogP contribution in [0.25, 0.3) is 0 Å². The van der Waals surface area contributed by atoms with Crippen molar-refractivity contribution in [3.05, 3.63) is 63.7 Å². The summed E-state index contributed by atoms with van der Waals surface area (Å²) < 4.78 is 41.4. The summed E-state index contributed by atoms with van der Waals surface area (Å²) in [5.41, 5.74) is 0.891. The minimum atomic E-state index is -1.61. The SMILES string of the molecule is COC1(c2cc(Cc3ccc(C(=O)ON4C(=O)CCC4=O)cc3)cc(OC3OC(COC(C)=O)C(OC(C)=O)C(OC(C)=O)C3OC(C)=O)c2Cl)OOC12C1CC3CC(C1)CC2C3. The number of carbonyl (C=O) groups excluding carboxylic acids is 7. The van der Waals surface area contributed by atoms with Crippen molar-refractivity contribution in [2.45, 2.75) is 121 Å². The Hall–Kier alpha value is -5.14. The molecule has 9 rings (SSSR count). The van der Waals surface area contributed by atoms with E-state index in [1.165, 1.54) is 32.6 Å². The highest BCUT2D eigenvalue weighted by atomic mass is 35.5. The van der Waals surface area contributed by atoms with Gasteiger partial charge in [-0.25, -0.2) is 9.68 Å². The largest absolute Gasteiger partial charge is 0.463 e. The fourth-order valence-electron chi connectivity index (χ4n) is 10.6. The van der Waals surface area contributed by atoms with Crippen molar-refractivity contribution in [1.82, 2.24) is 5.06 Å². The maximum atomic E-state index is 12.9. The third kappa shape index (κ3) is 8.27. The molecule has 3 heterocycles. The zero-order chi connectivity index (χ0) is 45.0. The number of hydrogen-bond acceptors (Lipinski definition) is 17. The highest BCUT2D eigenvalue weighted by molar-refractivity contribution is 6.33. The van der Waals surface area contributed by atoms with Gasteiger partial charge in [-0.3, -0.25) is 28.8 Å². The lowest BCUT2D eigenvalue weighted by atomic mass is 9.47. The number of carbonyl (C=O) groups is 7. The normalized spacial score (nSPS) is 32.8. The first-order chi connectivity index (χ1) is 30.0. The Kier molecular flexibility index (Phi) is 12.3. The molecule has 0 N–H and O–H groups in total. The molecule has 0 radical (unpaired) electrons. The molecule has 2 amide bonds. The lowest BCUT2D eigenvalue weighted by Crippen LogP contribution is -2.76. The molecule has 338 valence electrons. The van der Waals surface area contributed by atoms with E-state index >= 15 is 0 Å². The molecule has 19 heteroatoms. The van der Waals surface area contributed by atoms with Crippen LogP contribution < -0.4 is 4.74 Å². The van der Waals surface area contributed by atoms with Crippen LogP contribution in [0.2, 0.25) is 5.02 Å². The van der Waals surface area contributed by atoms with Crippen LogP contribution in [0, 0.1) is 23.7 Å². The van der Waals surface area contributed by atoms with Crippen LogP contribution in [0.4, 0.5) is 0 Å². The Bertz CT molecular complexity index is 2150. The maximum absolute atomic E-state index is 12.9. The zero-order valence-corrected chi connectivity index (χ0v) is 36.0. The highest BCUT2D eigenvalue weighted by Crippen LogP contribution is 2.70. The molecule has 63 heavy (non-hydrogen) atoms. The summed E-state index contributed by atoms with van der Waals surface area (Å²) in [4.78, 5) is 104.